The van der Waals surface area contributed by atoms with Crippen molar-refractivity contribution in [2.45, 2.75) is 44.9 Å². The molecule has 3 aromatic rings. The van der Waals surface area contributed by atoms with Gasteiger partial charge in [0.2, 0.25) is 11.8 Å². The number of hydrogen-bond acceptors (Lipinski definition) is 6. The van der Waals surface area contributed by atoms with Crippen LogP contribution in [-0.2, 0) is 43.4 Å². The SMILES string of the molecule is C=CC[C@@H](CC(=O)N(CCO)Cc1ccccc1)C(=O)N[C@@H](COCc1ccccc1)COC(=O)[C@H](CC=C)Cc1ccccc1. The van der Waals surface area contributed by atoms with Crippen LogP contribution in [0.1, 0.15) is 36.0 Å². The average molecular weight is 627 g/mol. The minimum absolute atomic E-state index is 0.0689. The van der Waals surface area contributed by atoms with Crippen LogP contribution < -0.4 is 5.32 Å². The number of allylic oxidation sites excluding steroid dienone is 2. The number of benzene rings is 3. The van der Waals surface area contributed by atoms with Gasteiger partial charge in [0.05, 0.1) is 37.7 Å². The summed E-state index contributed by atoms with van der Waals surface area (Å²) in [7, 11) is 0. The summed E-state index contributed by atoms with van der Waals surface area (Å²) in [6.07, 6.45) is 4.46. The van der Waals surface area contributed by atoms with E-state index in [1.165, 1.54) is 0 Å². The smallest absolute Gasteiger partial charge is 0.309 e. The van der Waals surface area contributed by atoms with Gasteiger partial charge in [-0.05, 0) is 36.0 Å². The summed E-state index contributed by atoms with van der Waals surface area (Å²) >= 11 is 0. The Morgan fingerprint density at radius 2 is 1.35 bits per heavy atom. The molecule has 0 aliphatic heterocycles. The predicted molar refractivity (Wildman–Crippen MR) is 179 cm³/mol. The maximum absolute atomic E-state index is 13.6. The number of carbonyl (C=O) groups excluding carboxylic acids is 3. The van der Waals surface area contributed by atoms with Crippen LogP contribution in [0.2, 0.25) is 0 Å². The number of esters is 1. The number of nitrogens with zero attached hydrogens (tertiary/aromatic N) is 1. The van der Waals surface area contributed by atoms with Crippen LogP contribution in [-0.4, -0.2) is 60.2 Å². The minimum Gasteiger partial charge on any atom is -0.463 e. The Labute approximate surface area is 272 Å². The van der Waals surface area contributed by atoms with Gasteiger partial charge in [0, 0.05) is 19.5 Å². The number of ether oxygens (including phenoxy) is 2. The first-order chi connectivity index (χ1) is 22.4. The highest BCUT2D eigenvalue weighted by atomic mass is 16.5. The van der Waals surface area contributed by atoms with Gasteiger partial charge in [-0.25, -0.2) is 0 Å². The van der Waals surface area contributed by atoms with Crippen LogP contribution in [0, 0.1) is 11.8 Å². The molecule has 0 heterocycles. The van der Waals surface area contributed by atoms with Gasteiger partial charge in [0.25, 0.3) is 0 Å². The molecule has 0 saturated heterocycles. The Morgan fingerprint density at radius 3 is 1.93 bits per heavy atom. The fourth-order valence-corrected chi connectivity index (χ4v) is 5.05. The predicted octanol–water partition coefficient (Wildman–Crippen LogP) is 5.27. The molecule has 3 aromatic carbocycles. The number of hydrogen-bond donors (Lipinski definition) is 2. The van der Waals surface area contributed by atoms with Crippen molar-refractivity contribution in [3.05, 3.63) is 133 Å². The lowest BCUT2D eigenvalue weighted by molar-refractivity contribution is -0.150. The topological polar surface area (TPSA) is 105 Å². The normalized spacial score (nSPS) is 12.7. The Morgan fingerprint density at radius 1 is 0.783 bits per heavy atom. The lowest BCUT2D eigenvalue weighted by Crippen LogP contribution is -2.46. The number of rotatable bonds is 21. The van der Waals surface area contributed by atoms with E-state index in [1.807, 2.05) is 91.0 Å². The van der Waals surface area contributed by atoms with Crippen molar-refractivity contribution in [1.82, 2.24) is 10.2 Å². The largest absolute Gasteiger partial charge is 0.463 e. The van der Waals surface area contributed by atoms with Crippen molar-refractivity contribution < 1.29 is 29.0 Å². The Hall–Kier alpha value is -4.53. The molecule has 0 unspecified atom stereocenters. The van der Waals surface area contributed by atoms with Crippen molar-refractivity contribution in [1.29, 1.82) is 0 Å². The number of nitrogens with one attached hydrogen (secondary N) is 1. The molecule has 8 heteroatoms. The first-order valence-corrected chi connectivity index (χ1v) is 15.7. The van der Waals surface area contributed by atoms with Gasteiger partial charge in [0.15, 0.2) is 0 Å². The third kappa shape index (κ3) is 12.8. The molecule has 0 bridgehead atoms. The van der Waals surface area contributed by atoms with E-state index in [-0.39, 0.29) is 57.0 Å². The van der Waals surface area contributed by atoms with Crippen molar-refractivity contribution >= 4 is 17.8 Å². The fraction of sp³-hybridized carbons (Fsp3) is 0.342. The maximum atomic E-state index is 13.6. The maximum Gasteiger partial charge on any atom is 0.309 e. The molecule has 0 radical (unpaired) electrons. The van der Waals surface area contributed by atoms with Crippen LogP contribution in [0.5, 0.6) is 0 Å². The summed E-state index contributed by atoms with van der Waals surface area (Å²) < 4.78 is 11.7. The minimum atomic E-state index is -0.708. The van der Waals surface area contributed by atoms with Crippen LogP contribution in [0.15, 0.2) is 116 Å². The van der Waals surface area contributed by atoms with E-state index >= 15 is 0 Å². The molecule has 0 spiro atoms. The van der Waals surface area contributed by atoms with Gasteiger partial charge < -0.3 is 24.8 Å². The highest BCUT2D eigenvalue weighted by Gasteiger charge is 2.27. The second-order valence-electron chi connectivity index (χ2n) is 11.2. The number of amides is 2. The Balaban J connectivity index is 1.68. The molecule has 3 rings (SSSR count). The van der Waals surface area contributed by atoms with Gasteiger partial charge >= 0.3 is 5.97 Å². The summed E-state index contributed by atoms with van der Waals surface area (Å²) in [5.74, 6) is -2.13. The van der Waals surface area contributed by atoms with Crippen LogP contribution in [0.4, 0.5) is 0 Å². The number of aliphatic hydroxyl groups excluding tert-OH is 1. The van der Waals surface area contributed by atoms with Crippen molar-refractivity contribution in [3.8, 4) is 0 Å². The average Bonchev–Trinajstić information content (AvgIpc) is 3.07. The lowest BCUT2D eigenvalue weighted by Gasteiger charge is -2.26. The molecule has 0 fully saturated rings. The van der Waals surface area contributed by atoms with Gasteiger partial charge in [0.1, 0.15) is 6.61 Å². The molecule has 0 aliphatic rings. The van der Waals surface area contributed by atoms with E-state index in [9.17, 15) is 19.5 Å². The van der Waals surface area contributed by atoms with Crippen molar-refractivity contribution in [2.24, 2.45) is 11.8 Å². The monoisotopic (exact) mass is 626 g/mol. The van der Waals surface area contributed by atoms with E-state index in [4.69, 9.17) is 9.47 Å². The highest BCUT2D eigenvalue weighted by Crippen LogP contribution is 2.17. The zero-order valence-corrected chi connectivity index (χ0v) is 26.5. The second kappa shape index (κ2) is 20.5. The lowest BCUT2D eigenvalue weighted by atomic mass is 9.96. The van der Waals surface area contributed by atoms with Crippen molar-refractivity contribution in [2.75, 3.05) is 26.4 Å². The number of carbonyl (C=O) groups is 3. The van der Waals surface area contributed by atoms with E-state index < -0.39 is 17.9 Å². The molecule has 244 valence electrons. The van der Waals surface area contributed by atoms with Gasteiger partial charge in [-0.1, -0.05) is 103 Å². The summed E-state index contributed by atoms with van der Waals surface area (Å²) in [5.41, 5.74) is 2.91. The zero-order chi connectivity index (χ0) is 33.0. The quantitative estimate of drug-likeness (QED) is 0.123. The molecule has 0 saturated carbocycles. The van der Waals surface area contributed by atoms with E-state index in [0.29, 0.717) is 26.0 Å². The van der Waals surface area contributed by atoms with E-state index in [0.717, 1.165) is 16.7 Å². The standard InChI is InChI=1S/C38H46N2O6/c1-3-14-33(25-36(42)40(22-23-41)26-31-18-10-6-11-19-31)37(43)39-35(28-45-27-32-20-12-7-13-21-32)29-46-38(44)34(15-4-2)24-30-16-8-5-9-17-30/h3-13,16-21,33-35,41H,1-2,14-15,22-29H2,(H,39,43)/t33-,34+,35-/m0/s1. The summed E-state index contributed by atoms with van der Waals surface area (Å²) in [4.78, 5) is 41.7. The molecule has 0 aromatic heterocycles. The Kier molecular flexibility index (Phi) is 16.0. The van der Waals surface area contributed by atoms with Crippen LogP contribution in [0.3, 0.4) is 0 Å². The molecular weight excluding hydrogens is 580 g/mol. The second-order valence-corrected chi connectivity index (χ2v) is 11.2. The van der Waals surface area contributed by atoms with Crippen molar-refractivity contribution in [3.63, 3.8) is 0 Å². The molecular formula is C38H46N2O6. The Bertz CT molecular complexity index is 1350. The molecule has 8 nitrogen and oxygen atoms in total. The van der Waals surface area contributed by atoms with Crippen LogP contribution >= 0.6 is 0 Å². The molecule has 2 amide bonds. The van der Waals surface area contributed by atoms with E-state index in [1.54, 1.807) is 17.1 Å². The summed E-state index contributed by atoms with van der Waals surface area (Å²) in [6.45, 7) is 8.18. The third-order valence-electron chi connectivity index (χ3n) is 7.50. The van der Waals surface area contributed by atoms with Gasteiger partial charge in [-0.2, -0.15) is 0 Å². The molecule has 46 heavy (non-hydrogen) atoms. The van der Waals surface area contributed by atoms with Gasteiger partial charge in [-0.3, -0.25) is 14.4 Å². The van der Waals surface area contributed by atoms with Gasteiger partial charge in [-0.15, -0.1) is 13.2 Å². The first kappa shape index (κ1) is 35.9. The first-order valence-electron chi connectivity index (χ1n) is 15.7. The zero-order valence-electron chi connectivity index (χ0n) is 26.5. The number of aliphatic hydroxyl groups is 1. The summed E-state index contributed by atoms with van der Waals surface area (Å²) in [5, 5.41) is 12.6. The third-order valence-corrected chi connectivity index (χ3v) is 7.50. The highest BCUT2D eigenvalue weighted by molar-refractivity contribution is 5.86. The molecule has 2 N–H and O–H groups in total. The summed E-state index contributed by atoms with van der Waals surface area (Å²) in [6, 6.07) is 28.2. The van der Waals surface area contributed by atoms with E-state index in [2.05, 4.69) is 18.5 Å². The fourth-order valence-electron chi connectivity index (χ4n) is 5.05. The molecule has 0 aliphatic carbocycles. The molecule has 3 atom stereocenters. The van der Waals surface area contributed by atoms with Crippen LogP contribution in [0.25, 0.3) is 0 Å².